The van der Waals surface area contributed by atoms with Crippen LogP contribution in [0.1, 0.15) is 35.6 Å². The summed E-state index contributed by atoms with van der Waals surface area (Å²) < 4.78 is 2.01. The van der Waals surface area contributed by atoms with Crippen molar-refractivity contribution in [3.63, 3.8) is 0 Å². The quantitative estimate of drug-likeness (QED) is 0.826. The molecule has 4 nitrogen and oxygen atoms in total. The van der Waals surface area contributed by atoms with E-state index < -0.39 is 0 Å². The number of amides is 1. The molecule has 2 N–H and O–H groups in total. The Labute approximate surface area is 148 Å². The molecule has 0 spiro atoms. The highest BCUT2D eigenvalue weighted by atomic mass is 35.5. The van der Waals surface area contributed by atoms with E-state index in [1.54, 1.807) is 16.2 Å². The molecule has 0 aliphatic rings. The smallest absolute Gasteiger partial charge is 0.270 e. The van der Waals surface area contributed by atoms with Crippen LogP contribution in [0.3, 0.4) is 0 Å². The molecule has 1 unspecified atom stereocenters. The molecular formula is C17H26ClN3OS. The number of hydrogen-bond acceptors (Lipinski definition) is 3. The molecule has 23 heavy (non-hydrogen) atoms. The minimum Gasteiger partial charge on any atom is -0.340 e. The zero-order chi connectivity index (χ0) is 16.1. The maximum absolute atomic E-state index is 12.6. The third kappa shape index (κ3) is 5.37. The zero-order valence-corrected chi connectivity index (χ0v) is 15.6. The summed E-state index contributed by atoms with van der Waals surface area (Å²) in [6, 6.07) is 8.06. The van der Waals surface area contributed by atoms with Gasteiger partial charge < -0.3 is 15.2 Å². The lowest BCUT2D eigenvalue weighted by molar-refractivity contribution is 0.0779. The van der Waals surface area contributed by atoms with Gasteiger partial charge in [0.15, 0.2) is 0 Å². The molecule has 0 fully saturated rings. The lowest BCUT2D eigenvalue weighted by Crippen LogP contribution is -2.35. The molecule has 0 saturated heterocycles. The standard InChI is InChI=1S/C17H25N3OS.ClH/c1-13(2)15(18)8-10-19(3)17(21)16-7-4-9-20(16)12-14-6-5-11-22-14;/h4-7,9,11,13,15H,8,10,12,18H2,1-3H3;1H. The first-order valence-electron chi connectivity index (χ1n) is 7.67. The van der Waals surface area contributed by atoms with E-state index in [9.17, 15) is 4.79 Å². The van der Waals surface area contributed by atoms with Crippen LogP contribution in [0.25, 0.3) is 0 Å². The van der Waals surface area contributed by atoms with Gasteiger partial charge in [-0.2, -0.15) is 0 Å². The number of hydrogen-bond donors (Lipinski definition) is 1. The van der Waals surface area contributed by atoms with Crippen molar-refractivity contribution >= 4 is 29.7 Å². The monoisotopic (exact) mass is 355 g/mol. The average molecular weight is 356 g/mol. The van der Waals surface area contributed by atoms with Gasteiger partial charge in [-0.15, -0.1) is 23.7 Å². The van der Waals surface area contributed by atoms with Crippen LogP contribution in [0, 0.1) is 5.92 Å². The minimum atomic E-state index is 0. The summed E-state index contributed by atoms with van der Waals surface area (Å²) in [7, 11) is 1.85. The lowest BCUT2D eigenvalue weighted by Gasteiger charge is -2.22. The van der Waals surface area contributed by atoms with Crippen molar-refractivity contribution < 1.29 is 4.79 Å². The first-order chi connectivity index (χ1) is 10.5. The number of rotatable bonds is 7. The predicted octanol–water partition coefficient (Wildman–Crippen LogP) is 3.47. The van der Waals surface area contributed by atoms with Gasteiger partial charge in [0.25, 0.3) is 5.91 Å². The highest BCUT2D eigenvalue weighted by Crippen LogP contribution is 2.14. The fraction of sp³-hybridized carbons (Fsp3) is 0.471. The highest BCUT2D eigenvalue weighted by molar-refractivity contribution is 7.09. The van der Waals surface area contributed by atoms with Crippen LogP contribution < -0.4 is 5.73 Å². The Morgan fingerprint density at radius 3 is 2.70 bits per heavy atom. The Balaban J connectivity index is 0.00000264. The molecule has 0 aromatic carbocycles. The molecule has 6 heteroatoms. The van der Waals surface area contributed by atoms with E-state index in [2.05, 4.69) is 25.3 Å². The molecule has 2 heterocycles. The largest absolute Gasteiger partial charge is 0.340 e. The van der Waals surface area contributed by atoms with Gasteiger partial charge in [-0.25, -0.2) is 0 Å². The summed E-state index contributed by atoms with van der Waals surface area (Å²) in [6.07, 6.45) is 2.78. The first kappa shape index (κ1) is 19.7. The van der Waals surface area contributed by atoms with Crippen molar-refractivity contribution in [2.75, 3.05) is 13.6 Å². The number of carbonyl (C=O) groups excluding carboxylic acids is 1. The van der Waals surface area contributed by atoms with Crippen molar-refractivity contribution in [3.8, 4) is 0 Å². The van der Waals surface area contributed by atoms with Crippen molar-refractivity contribution in [2.45, 2.75) is 32.9 Å². The van der Waals surface area contributed by atoms with Crippen molar-refractivity contribution in [1.82, 2.24) is 9.47 Å². The molecule has 0 bridgehead atoms. The summed E-state index contributed by atoms with van der Waals surface area (Å²) in [4.78, 5) is 15.6. The maximum Gasteiger partial charge on any atom is 0.270 e. The van der Waals surface area contributed by atoms with Gasteiger partial charge in [-0.05, 0) is 35.9 Å². The Morgan fingerprint density at radius 1 is 1.35 bits per heavy atom. The Hall–Kier alpha value is -1.30. The highest BCUT2D eigenvalue weighted by Gasteiger charge is 2.17. The van der Waals surface area contributed by atoms with Gasteiger partial charge in [0, 0.05) is 30.7 Å². The molecule has 0 saturated carbocycles. The van der Waals surface area contributed by atoms with Crippen LogP contribution in [-0.2, 0) is 6.54 Å². The predicted molar refractivity (Wildman–Crippen MR) is 99.5 cm³/mol. The molecule has 128 valence electrons. The van der Waals surface area contributed by atoms with Crippen LogP contribution in [0.2, 0.25) is 0 Å². The van der Waals surface area contributed by atoms with Crippen molar-refractivity contribution in [1.29, 1.82) is 0 Å². The number of nitrogens with zero attached hydrogens (tertiary/aromatic N) is 2. The van der Waals surface area contributed by atoms with Gasteiger partial charge in [0.05, 0.1) is 6.54 Å². The summed E-state index contributed by atoms with van der Waals surface area (Å²) in [5.74, 6) is 0.490. The topological polar surface area (TPSA) is 51.3 Å². The van der Waals surface area contributed by atoms with Gasteiger partial charge in [-0.3, -0.25) is 4.79 Å². The lowest BCUT2D eigenvalue weighted by atomic mass is 10.0. The van der Waals surface area contributed by atoms with E-state index in [4.69, 9.17) is 5.73 Å². The van der Waals surface area contributed by atoms with Gasteiger partial charge in [0.2, 0.25) is 0 Å². The molecule has 0 radical (unpaired) electrons. The van der Waals surface area contributed by atoms with E-state index in [0.29, 0.717) is 12.5 Å². The molecule has 1 amide bonds. The van der Waals surface area contributed by atoms with Gasteiger partial charge >= 0.3 is 0 Å². The number of carbonyl (C=O) groups is 1. The second kappa shape index (κ2) is 9.11. The molecule has 2 rings (SSSR count). The molecule has 2 aromatic heterocycles. The van der Waals surface area contributed by atoms with Crippen LogP contribution in [0.4, 0.5) is 0 Å². The first-order valence-corrected chi connectivity index (χ1v) is 8.55. The summed E-state index contributed by atoms with van der Waals surface area (Å²) in [6.45, 7) is 5.64. The Bertz CT molecular complexity index is 595. The summed E-state index contributed by atoms with van der Waals surface area (Å²) in [5, 5.41) is 2.06. The fourth-order valence-corrected chi connectivity index (χ4v) is 2.99. The van der Waals surface area contributed by atoms with E-state index >= 15 is 0 Å². The second-order valence-corrected chi connectivity index (χ2v) is 7.06. The fourth-order valence-electron chi connectivity index (χ4n) is 2.29. The number of nitrogens with two attached hydrogens (primary N) is 1. The van der Waals surface area contributed by atoms with Gasteiger partial charge in [-0.1, -0.05) is 19.9 Å². The number of thiophene rings is 1. The van der Waals surface area contributed by atoms with Crippen LogP contribution >= 0.6 is 23.7 Å². The van der Waals surface area contributed by atoms with Crippen molar-refractivity contribution in [3.05, 3.63) is 46.4 Å². The van der Waals surface area contributed by atoms with Crippen molar-refractivity contribution in [2.24, 2.45) is 11.7 Å². The zero-order valence-electron chi connectivity index (χ0n) is 13.9. The second-order valence-electron chi connectivity index (χ2n) is 6.02. The van der Waals surface area contributed by atoms with Crippen LogP contribution in [0.5, 0.6) is 0 Å². The molecular weight excluding hydrogens is 330 g/mol. The number of aromatic nitrogens is 1. The number of halogens is 1. The third-order valence-electron chi connectivity index (χ3n) is 3.96. The van der Waals surface area contributed by atoms with E-state index in [1.807, 2.05) is 36.0 Å². The van der Waals surface area contributed by atoms with Crippen LogP contribution in [0.15, 0.2) is 35.8 Å². The third-order valence-corrected chi connectivity index (χ3v) is 4.82. The normalized spacial score (nSPS) is 12.0. The van der Waals surface area contributed by atoms with E-state index in [1.165, 1.54) is 4.88 Å². The Kier molecular flexibility index (Phi) is 7.82. The van der Waals surface area contributed by atoms with Crippen LogP contribution in [-0.4, -0.2) is 35.0 Å². The maximum atomic E-state index is 12.6. The van der Waals surface area contributed by atoms with E-state index in [0.717, 1.165) is 18.7 Å². The minimum absolute atomic E-state index is 0. The van der Waals surface area contributed by atoms with E-state index in [-0.39, 0.29) is 24.4 Å². The average Bonchev–Trinajstić information content (AvgIpc) is 3.15. The molecule has 1 atom stereocenters. The van der Waals surface area contributed by atoms with Gasteiger partial charge in [0.1, 0.15) is 5.69 Å². The molecule has 0 aliphatic heterocycles. The summed E-state index contributed by atoms with van der Waals surface area (Å²) in [5.41, 5.74) is 6.79. The SMILES string of the molecule is CC(C)C(N)CCN(C)C(=O)c1cccn1Cc1cccs1.Cl. The Morgan fingerprint density at radius 2 is 2.09 bits per heavy atom. The molecule has 2 aromatic rings. The summed E-state index contributed by atoms with van der Waals surface area (Å²) >= 11 is 1.71. The molecule has 0 aliphatic carbocycles.